The minimum Gasteiger partial charge on any atom is -0.454 e. The number of amides is 4. The lowest BCUT2D eigenvalue weighted by atomic mass is 9.96. The quantitative estimate of drug-likeness (QED) is 0.501. The minimum absolute atomic E-state index is 0.108. The molecule has 0 radical (unpaired) electrons. The number of nitrogens with one attached hydrogen (secondary N) is 1. The summed E-state index contributed by atoms with van der Waals surface area (Å²) >= 11 is 0. The largest absolute Gasteiger partial charge is 0.454 e. The van der Waals surface area contributed by atoms with Gasteiger partial charge in [-0.2, -0.15) is 0 Å². The van der Waals surface area contributed by atoms with Crippen molar-refractivity contribution >= 4 is 29.5 Å². The van der Waals surface area contributed by atoms with Gasteiger partial charge in [-0.1, -0.05) is 12.1 Å². The smallest absolute Gasteiger partial charge is 0.326 e. The van der Waals surface area contributed by atoms with Crippen LogP contribution in [0, 0.1) is 5.92 Å². The molecule has 1 atom stereocenters. The third-order valence-corrected chi connectivity index (χ3v) is 5.64. The van der Waals surface area contributed by atoms with Crippen molar-refractivity contribution in [1.82, 2.24) is 15.1 Å². The van der Waals surface area contributed by atoms with Crippen LogP contribution < -0.4 is 10.2 Å². The summed E-state index contributed by atoms with van der Waals surface area (Å²) in [6.45, 7) is 1.10. The van der Waals surface area contributed by atoms with Gasteiger partial charge in [-0.25, -0.2) is 4.79 Å². The molecule has 1 aromatic rings. The summed E-state index contributed by atoms with van der Waals surface area (Å²) in [6.07, 6.45) is 1.75. The van der Waals surface area contributed by atoms with Crippen molar-refractivity contribution in [3.63, 3.8) is 0 Å². The van der Waals surface area contributed by atoms with Crippen molar-refractivity contribution in [1.29, 1.82) is 0 Å². The molecule has 2 fully saturated rings. The first-order valence-electron chi connectivity index (χ1n) is 9.92. The fourth-order valence-corrected chi connectivity index (χ4v) is 3.49. The molecule has 3 rings (SSSR count). The zero-order valence-corrected chi connectivity index (χ0v) is 17.8. The molecule has 1 aromatic carbocycles. The third-order valence-electron chi connectivity index (χ3n) is 5.64. The molecule has 2 aliphatic rings. The van der Waals surface area contributed by atoms with Crippen LogP contribution in [0.1, 0.15) is 25.3 Å². The van der Waals surface area contributed by atoms with Crippen molar-refractivity contribution in [2.24, 2.45) is 5.92 Å². The number of hydrogen-bond donors (Lipinski definition) is 1. The Bertz CT molecular complexity index is 849. The molecular formula is C21H28N4O5. The molecule has 1 heterocycles. The van der Waals surface area contributed by atoms with Gasteiger partial charge >= 0.3 is 12.0 Å². The number of imide groups is 1. The highest BCUT2D eigenvalue weighted by molar-refractivity contribution is 6.08. The Morgan fingerprint density at radius 2 is 1.80 bits per heavy atom. The van der Waals surface area contributed by atoms with Gasteiger partial charge in [0.2, 0.25) is 0 Å². The van der Waals surface area contributed by atoms with Gasteiger partial charge in [0.1, 0.15) is 12.1 Å². The zero-order valence-electron chi connectivity index (χ0n) is 17.8. The average Bonchev–Trinajstić information content (AvgIpc) is 3.52. The van der Waals surface area contributed by atoms with E-state index in [0.29, 0.717) is 6.54 Å². The van der Waals surface area contributed by atoms with Gasteiger partial charge in [0, 0.05) is 33.4 Å². The Hall–Kier alpha value is -3.10. The van der Waals surface area contributed by atoms with Crippen LogP contribution in [0.25, 0.3) is 0 Å². The van der Waals surface area contributed by atoms with Gasteiger partial charge < -0.3 is 19.9 Å². The summed E-state index contributed by atoms with van der Waals surface area (Å²) in [5, 5.41) is 2.67. The van der Waals surface area contributed by atoms with Crippen molar-refractivity contribution in [2.75, 3.05) is 39.2 Å². The highest BCUT2D eigenvalue weighted by Crippen LogP contribution is 2.42. The summed E-state index contributed by atoms with van der Waals surface area (Å²) < 4.78 is 5.01. The van der Waals surface area contributed by atoms with Crippen LogP contribution in [0.5, 0.6) is 0 Å². The SMILES string of the molecule is CN(Cc1ccc(N(C)C)cc1)C(=O)COC(=O)CN1C(=O)N[C@](C)(C2CC2)C1=O. The molecule has 4 amide bonds. The molecule has 0 aromatic heterocycles. The second-order valence-electron chi connectivity index (χ2n) is 8.27. The molecule has 9 heteroatoms. The van der Waals surface area contributed by atoms with Crippen LogP contribution in [0.3, 0.4) is 0 Å². The number of rotatable bonds is 8. The Balaban J connectivity index is 1.46. The van der Waals surface area contributed by atoms with E-state index in [4.69, 9.17) is 4.74 Å². The van der Waals surface area contributed by atoms with Crippen LogP contribution in [-0.4, -0.2) is 73.4 Å². The number of nitrogens with zero attached hydrogens (tertiary/aromatic N) is 3. The highest BCUT2D eigenvalue weighted by Gasteiger charge is 2.56. The van der Waals surface area contributed by atoms with Gasteiger partial charge in [0.05, 0.1) is 0 Å². The first kappa shape index (κ1) is 21.6. The summed E-state index contributed by atoms with van der Waals surface area (Å²) in [6, 6.07) is 7.18. The number of carbonyl (C=O) groups is 4. The number of benzene rings is 1. The Labute approximate surface area is 175 Å². The van der Waals surface area contributed by atoms with Gasteiger partial charge in [-0.05, 0) is 43.4 Å². The summed E-state index contributed by atoms with van der Waals surface area (Å²) in [5.41, 5.74) is 1.05. The highest BCUT2D eigenvalue weighted by atomic mass is 16.5. The molecule has 1 aliphatic carbocycles. The number of ether oxygens (including phenoxy) is 1. The van der Waals surface area contributed by atoms with E-state index in [9.17, 15) is 19.2 Å². The number of anilines is 1. The zero-order chi connectivity index (χ0) is 22.1. The predicted molar refractivity (Wildman–Crippen MR) is 110 cm³/mol. The lowest BCUT2D eigenvalue weighted by Crippen LogP contribution is -2.46. The van der Waals surface area contributed by atoms with E-state index in [-0.39, 0.29) is 11.8 Å². The van der Waals surface area contributed by atoms with Crippen molar-refractivity contribution in [2.45, 2.75) is 31.8 Å². The first-order chi connectivity index (χ1) is 14.1. The topological polar surface area (TPSA) is 99.3 Å². The number of hydrogen-bond acceptors (Lipinski definition) is 6. The second-order valence-corrected chi connectivity index (χ2v) is 8.27. The van der Waals surface area contributed by atoms with Crippen LogP contribution >= 0.6 is 0 Å². The molecule has 1 aliphatic heterocycles. The van der Waals surface area contributed by atoms with Crippen LogP contribution in [0.15, 0.2) is 24.3 Å². The van der Waals surface area contributed by atoms with Gasteiger partial charge in [0.15, 0.2) is 6.61 Å². The normalized spacial score (nSPS) is 20.7. The monoisotopic (exact) mass is 416 g/mol. The molecule has 30 heavy (non-hydrogen) atoms. The molecule has 1 saturated heterocycles. The van der Waals surface area contributed by atoms with Gasteiger partial charge in [-0.15, -0.1) is 0 Å². The summed E-state index contributed by atoms with van der Waals surface area (Å²) in [4.78, 5) is 53.3. The molecule has 9 nitrogen and oxygen atoms in total. The van der Waals surface area contributed by atoms with Crippen molar-refractivity contribution in [3.05, 3.63) is 29.8 Å². The lowest BCUT2D eigenvalue weighted by molar-refractivity contribution is -0.153. The van der Waals surface area contributed by atoms with Gasteiger partial charge in [0.25, 0.3) is 11.8 Å². The molecule has 0 unspecified atom stereocenters. The van der Waals surface area contributed by atoms with Crippen molar-refractivity contribution in [3.8, 4) is 0 Å². The third kappa shape index (κ3) is 4.55. The van der Waals surface area contributed by atoms with E-state index in [0.717, 1.165) is 29.0 Å². The maximum atomic E-state index is 12.5. The van der Waals surface area contributed by atoms with E-state index in [2.05, 4.69) is 5.32 Å². The number of carbonyl (C=O) groups excluding carboxylic acids is 4. The van der Waals surface area contributed by atoms with Gasteiger partial charge in [-0.3, -0.25) is 19.3 Å². The molecule has 1 N–H and O–H groups in total. The van der Waals surface area contributed by atoms with E-state index < -0.39 is 36.6 Å². The maximum absolute atomic E-state index is 12.5. The summed E-state index contributed by atoms with van der Waals surface area (Å²) in [5.74, 6) is -1.48. The maximum Gasteiger partial charge on any atom is 0.326 e. The predicted octanol–water partition coefficient (Wildman–Crippen LogP) is 0.975. The molecule has 0 bridgehead atoms. The number of likely N-dealkylation sites (N-methyl/N-ethyl adjacent to an activating group) is 1. The molecule has 1 saturated carbocycles. The lowest BCUT2D eigenvalue weighted by Gasteiger charge is -2.21. The average molecular weight is 416 g/mol. The number of esters is 1. The fourth-order valence-electron chi connectivity index (χ4n) is 3.49. The van der Waals surface area contributed by atoms with Crippen molar-refractivity contribution < 1.29 is 23.9 Å². The van der Waals surface area contributed by atoms with Crippen LogP contribution in [-0.2, 0) is 25.7 Å². The molecule has 162 valence electrons. The van der Waals surface area contributed by atoms with Crippen LogP contribution in [0.2, 0.25) is 0 Å². The Morgan fingerprint density at radius 1 is 1.17 bits per heavy atom. The molecular weight excluding hydrogens is 388 g/mol. The van der Waals surface area contributed by atoms with E-state index in [1.165, 1.54) is 4.90 Å². The minimum atomic E-state index is -0.949. The first-order valence-corrected chi connectivity index (χ1v) is 9.92. The van der Waals surface area contributed by atoms with E-state index in [1.54, 1.807) is 14.0 Å². The molecule has 0 spiro atoms. The Kier molecular flexibility index (Phi) is 6.00. The summed E-state index contributed by atoms with van der Waals surface area (Å²) in [7, 11) is 5.52. The second kappa shape index (κ2) is 8.33. The fraction of sp³-hybridized carbons (Fsp3) is 0.524. The standard InChI is InChI=1S/C21H28N4O5/c1-21(15-7-8-15)19(28)25(20(29)22-21)12-18(27)30-13-17(26)24(4)11-14-5-9-16(10-6-14)23(2)3/h5-6,9-10,15H,7-8,11-13H2,1-4H3,(H,22,29)/t21-/m1/s1. The number of urea groups is 1. The Morgan fingerprint density at radius 3 is 2.37 bits per heavy atom. The van der Waals surface area contributed by atoms with Crippen LogP contribution in [0.4, 0.5) is 10.5 Å². The van der Waals surface area contributed by atoms with E-state index >= 15 is 0 Å². The van der Waals surface area contributed by atoms with E-state index in [1.807, 2.05) is 43.3 Å².